The van der Waals surface area contributed by atoms with Crippen LogP contribution in [0.5, 0.6) is 0 Å². The summed E-state index contributed by atoms with van der Waals surface area (Å²) in [5.74, 6) is 0.244. The van der Waals surface area contributed by atoms with E-state index in [1.807, 2.05) is 4.90 Å². The lowest BCUT2D eigenvalue weighted by Crippen LogP contribution is -2.45. The van der Waals surface area contributed by atoms with Crippen LogP contribution in [-0.4, -0.2) is 68.2 Å². The van der Waals surface area contributed by atoms with Gasteiger partial charge in [-0.2, -0.15) is 0 Å². The molecular weight excluding hydrogens is 294 g/mol. The number of hydrogen-bond donors (Lipinski definition) is 1. The summed E-state index contributed by atoms with van der Waals surface area (Å²) in [6.45, 7) is 13.5. The Morgan fingerprint density at radius 2 is 1.74 bits per heavy atom. The minimum absolute atomic E-state index is 0.0103. The van der Waals surface area contributed by atoms with Crippen LogP contribution in [0.25, 0.3) is 0 Å². The number of unbranched alkanes of at least 4 members (excludes halogenated alkanes) is 1. The molecule has 0 saturated heterocycles. The fourth-order valence-electron chi connectivity index (χ4n) is 2.32. The van der Waals surface area contributed by atoms with Crippen LogP contribution in [0.15, 0.2) is 0 Å². The van der Waals surface area contributed by atoms with Gasteiger partial charge in [-0.1, -0.05) is 27.7 Å². The molecule has 0 aromatic heterocycles. The van der Waals surface area contributed by atoms with Gasteiger partial charge in [-0.05, 0) is 31.8 Å². The van der Waals surface area contributed by atoms with Gasteiger partial charge in [0.15, 0.2) is 0 Å². The maximum absolute atomic E-state index is 12.3. The Morgan fingerprint density at radius 3 is 2.26 bits per heavy atom. The zero-order valence-corrected chi connectivity index (χ0v) is 15.6. The smallest absolute Gasteiger partial charge is 0.317 e. The first kappa shape index (κ1) is 21.7. The molecule has 0 aliphatic heterocycles. The highest BCUT2D eigenvalue weighted by Gasteiger charge is 2.15. The molecule has 0 unspecified atom stereocenters. The molecule has 0 rings (SSSR count). The van der Waals surface area contributed by atoms with Crippen molar-refractivity contribution in [3.63, 3.8) is 0 Å². The summed E-state index contributed by atoms with van der Waals surface area (Å²) in [5.41, 5.74) is 0. The summed E-state index contributed by atoms with van der Waals surface area (Å²) in [6.07, 6.45) is 1.92. The van der Waals surface area contributed by atoms with Crippen molar-refractivity contribution in [2.75, 3.05) is 46.4 Å². The molecule has 0 spiro atoms. The van der Waals surface area contributed by atoms with Gasteiger partial charge in [-0.25, -0.2) is 4.79 Å². The number of rotatable bonds is 12. The van der Waals surface area contributed by atoms with Crippen molar-refractivity contribution in [2.24, 2.45) is 5.92 Å². The van der Waals surface area contributed by atoms with Gasteiger partial charge in [-0.3, -0.25) is 4.79 Å². The van der Waals surface area contributed by atoms with E-state index in [0.717, 1.165) is 45.6 Å². The zero-order chi connectivity index (χ0) is 17.7. The first-order chi connectivity index (χ1) is 10.9. The summed E-state index contributed by atoms with van der Waals surface area (Å²) < 4.78 is 4.60. The molecule has 6 nitrogen and oxygen atoms in total. The van der Waals surface area contributed by atoms with Gasteiger partial charge < -0.3 is 19.9 Å². The monoisotopic (exact) mass is 329 g/mol. The molecule has 0 aromatic rings. The van der Waals surface area contributed by atoms with Crippen LogP contribution in [0.1, 0.15) is 47.0 Å². The average molecular weight is 329 g/mol. The predicted octanol–water partition coefficient (Wildman–Crippen LogP) is 2.34. The molecule has 0 bridgehead atoms. The van der Waals surface area contributed by atoms with Gasteiger partial charge >= 0.3 is 12.0 Å². The molecule has 0 fully saturated rings. The van der Waals surface area contributed by atoms with Crippen LogP contribution < -0.4 is 5.32 Å². The van der Waals surface area contributed by atoms with E-state index in [1.54, 1.807) is 0 Å². The van der Waals surface area contributed by atoms with Crippen LogP contribution in [0.2, 0.25) is 0 Å². The van der Waals surface area contributed by atoms with Crippen molar-refractivity contribution in [1.29, 1.82) is 0 Å². The summed E-state index contributed by atoms with van der Waals surface area (Å²) in [6, 6.07) is -0.0103. The number of amides is 2. The fourth-order valence-corrected chi connectivity index (χ4v) is 2.32. The molecule has 0 heterocycles. The third kappa shape index (κ3) is 11.0. The van der Waals surface area contributed by atoms with Crippen LogP contribution in [0, 0.1) is 5.92 Å². The number of carbonyl (C=O) groups excluding carboxylic acids is 2. The number of methoxy groups -OCH3 is 1. The topological polar surface area (TPSA) is 61.9 Å². The normalized spacial score (nSPS) is 10.9. The molecule has 136 valence electrons. The largest absolute Gasteiger partial charge is 0.469 e. The number of carbonyl (C=O) groups is 2. The van der Waals surface area contributed by atoms with Gasteiger partial charge in [0.05, 0.1) is 7.11 Å². The molecule has 2 amide bonds. The molecule has 0 atom stereocenters. The maximum atomic E-state index is 12.3. The van der Waals surface area contributed by atoms with E-state index >= 15 is 0 Å². The number of ether oxygens (including phenoxy) is 1. The summed E-state index contributed by atoms with van der Waals surface area (Å²) in [5, 5.41) is 2.96. The highest BCUT2D eigenvalue weighted by atomic mass is 16.5. The lowest BCUT2D eigenvalue weighted by atomic mass is 10.2. The first-order valence-corrected chi connectivity index (χ1v) is 8.76. The van der Waals surface area contributed by atoms with Crippen LogP contribution in [0.4, 0.5) is 4.79 Å². The van der Waals surface area contributed by atoms with Crippen LogP contribution in [-0.2, 0) is 9.53 Å². The SMILES string of the molecule is CCN(CC)CCN(CC(C)C)C(=O)NCCCCC(=O)OC. The Hall–Kier alpha value is -1.30. The fraction of sp³-hybridized carbons (Fsp3) is 0.882. The second-order valence-corrected chi connectivity index (χ2v) is 6.13. The summed E-state index contributed by atoms with van der Waals surface area (Å²) in [7, 11) is 1.39. The Labute approximate surface area is 141 Å². The highest BCUT2D eigenvalue weighted by molar-refractivity contribution is 5.74. The number of esters is 1. The number of nitrogens with one attached hydrogen (secondary N) is 1. The summed E-state index contributed by atoms with van der Waals surface area (Å²) >= 11 is 0. The van der Waals surface area contributed by atoms with Gasteiger partial charge in [-0.15, -0.1) is 0 Å². The van der Waals surface area contributed by atoms with E-state index in [9.17, 15) is 9.59 Å². The Balaban J connectivity index is 4.16. The molecule has 0 saturated carbocycles. The molecule has 0 radical (unpaired) electrons. The minimum Gasteiger partial charge on any atom is -0.469 e. The van der Waals surface area contributed by atoms with Crippen LogP contribution >= 0.6 is 0 Å². The van der Waals surface area contributed by atoms with E-state index in [0.29, 0.717) is 18.9 Å². The number of nitrogens with zero attached hydrogens (tertiary/aromatic N) is 2. The van der Waals surface area contributed by atoms with Crippen molar-refractivity contribution in [3.05, 3.63) is 0 Å². The molecular formula is C17H35N3O3. The van der Waals surface area contributed by atoms with E-state index in [1.165, 1.54) is 7.11 Å². The first-order valence-electron chi connectivity index (χ1n) is 8.76. The Morgan fingerprint density at radius 1 is 1.09 bits per heavy atom. The van der Waals surface area contributed by atoms with E-state index in [4.69, 9.17) is 0 Å². The van der Waals surface area contributed by atoms with Crippen molar-refractivity contribution < 1.29 is 14.3 Å². The van der Waals surface area contributed by atoms with Crippen molar-refractivity contribution >= 4 is 12.0 Å². The Bertz CT molecular complexity index is 331. The van der Waals surface area contributed by atoms with E-state index < -0.39 is 0 Å². The quantitative estimate of drug-likeness (QED) is 0.441. The van der Waals surface area contributed by atoms with Crippen LogP contribution in [0.3, 0.4) is 0 Å². The summed E-state index contributed by atoms with van der Waals surface area (Å²) in [4.78, 5) is 27.6. The maximum Gasteiger partial charge on any atom is 0.317 e. The minimum atomic E-state index is -0.197. The zero-order valence-electron chi connectivity index (χ0n) is 15.6. The number of urea groups is 1. The number of hydrogen-bond acceptors (Lipinski definition) is 4. The Kier molecular flexibility index (Phi) is 12.4. The van der Waals surface area contributed by atoms with Crippen molar-refractivity contribution in [3.8, 4) is 0 Å². The second-order valence-electron chi connectivity index (χ2n) is 6.13. The molecule has 6 heteroatoms. The third-order valence-corrected chi connectivity index (χ3v) is 3.76. The van der Waals surface area contributed by atoms with Gasteiger partial charge in [0.1, 0.15) is 0 Å². The highest BCUT2D eigenvalue weighted by Crippen LogP contribution is 2.01. The lowest BCUT2D eigenvalue weighted by molar-refractivity contribution is -0.140. The van der Waals surface area contributed by atoms with Crippen molar-refractivity contribution in [2.45, 2.75) is 47.0 Å². The van der Waals surface area contributed by atoms with Gasteiger partial charge in [0.2, 0.25) is 0 Å². The standard InChI is InChI=1S/C17H35N3O3/c1-6-19(7-2)12-13-20(14-15(3)4)17(22)18-11-9-8-10-16(21)23-5/h15H,6-14H2,1-5H3,(H,18,22). The van der Waals surface area contributed by atoms with E-state index in [2.05, 4.69) is 42.6 Å². The van der Waals surface area contributed by atoms with Gasteiger partial charge in [0, 0.05) is 32.6 Å². The molecule has 1 N–H and O–H groups in total. The third-order valence-electron chi connectivity index (χ3n) is 3.76. The van der Waals surface area contributed by atoms with Crippen molar-refractivity contribution in [1.82, 2.24) is 15.1 Å². The van der Waals surface area contributed by atoms with Gasteiger partial charge in [0.25, 0.3) is 0 Å². The lowest BCUT2D eigenvalue weighted by Gasteiger charge is -2.28. The molecule has 0 aromatic carbocycles. The molecule has 0 aliphatic carbocycles. The average Bonchev–Trinajstić information content (AvgIpc) is 2.53. The molecule has 0 aliphatic rings. The predicted molar refractivity (Wildman–Crippen MR) is 93.5 cm³/mol. The second kappa shape index (κ2) is 13.2. The van der Waals surface area contributed by atoms with E-state index in [-0.39, 0.29) is 12.0 Å². The number of likely N-dealkylation sites (N-methyl/N-ethyl adjacent to an activating group) is 1. The molecule has 23 heavy (non-hydrogen) atoms.